The Morgan fingerprint density at radius 1 is 0.494 bits per heavy atom. The molecule has 3 N–H and O–H groups in total. The zero-order valence-corrected chi connectivity index (χ0v) is 58.9. The molecule has 2 rings (SSSR count). The van der Waals surface area contributed by atoms with E-state index in [1.54, 1.807) is 14.0 Å². The number of carbonyl (C=O) groups excluding carboxylic acids is 8. The molecule has 1 unspecified atom stereocenters. The lowest BCUT2D eigenvalue weighted by Gasteiger charge is -2.28. The number of esters is 8. The van der Waals surface area contributed by atoms with E-state index in [0.717, 1.165) is 104 Å². The number of carbonyl (C=O) groups is 8. The van der Waals surface area contributed by atoms with Crippen molar-refractivity contribution in [3.8, 4) is 0 Å². The molecule has 27 heteroatoms. The van der Waals surface area contributed by atoms with Crippen LogP contribution in [0.15, 0.2) is 12.3 Å². The maximum Gasteiger partial charge on any atom is 0.303 e. The van der Waals surface area contributed by atoms with Gasteiger partial charge in [0.15, 0.2) is 0 Å². The molecular formula is C62H126N6O21. The summed E-state index contributed by atoms with van der Waals surface area (Å²) >= 11 is 0. The Labute approximate surface area is 536 Å². The van der Waals surface area contributed by atoms with E-state index in [0.29, 0.717) is 52.7 Å². The zero-order chi connectivity index (χ0) is 70.0. The normalized spacial score (nSPS) is 12.7. The van der Waals surface area contributed by atoms with E-state index >= 15 is 0 Å². The van der Waals surface area contributed by atoms with Crippen LogP contribution in [0.3, 0.4) is 0 Å². The summed E-state index contributed by atoms with van der Waals surface area (Å²) in [5.41, 5.74) is -0.328. The van der Waals surface area contributed by atoms with E-state index in [1.807, 2.05) is 68.0 Å². The molecule has 0 saturated carbocycles. The molecule has 0 amide bonds. The predicted molar refractivity (Wildman–Crippen MR) is 344 cm³/mol. The van der Waals surface area contributed by atoms with Crippen molar-refractivity contribution in [3.63, 3.8) is 0 Å². The molecule has 2 heterocycles. The lowest BCUT2D eigenvalue weighted by Crippen LogP contribution is -2.38. The van der Waals surface area contributed by atoms with Crippen molar-refractivity contribution in [1.82, 2.24) is 29.4 Å². The molecule has 0 aromatic rings. The SMILES string of the molecule is C=C(C)OC.CC(=O)OC(C)(C)C.CC(=O)OCC(O)CN1CCCCC1.CC(=O)OCCCCN(C)C.CC(=O)OCCCN(C)C.CC(=O)OCCN(C)C.CC(=O)OCCN1CCOCC1.CC(=O)OCCO.CCCN(CCO)CCOC(C)=O. The second kappa shape index (κ2) is 70.4. The lowest BCUT2D eigenvalue weighted by molar-refractivity contribution is -0.152. The Bertz CT molecular complexity index is 1700. The highest BCUT2D eigenvalue weighted by atomic mass is 16.6. The molecule has 27 nitrogen and oxygen atoms in total. The van der Waals surface area contributed by atoms with Crippen LogP contribution in [0.25, 0.3) is 0 Å². The van der Waals surface area contributed by atoms with Crippen molar-refractivity contribution < 1.29 is 101 Å². The van der Waals surface area contributed by atoms with Crippen LogP contribution in [0, 0.1) is 0 Å². The Hall–Kier alpha value is -5.10. The molecular weight excluding hydrogens is 1160 g/mol. The molecule has 2 fully saturated rings. The number of aliphatic hydroxyl groups excluding tert-OH is 3. The summed E-state index contributed by atoms with van der Waals surface area (Å²) in [4.78, 5) is 94.9. The van der Waals surface area contributed by atoms with E-state index in [1.165, 1.54) is 74.7 Å². The molecule has 0 aromatic carbocycles. The minimum absolute atomic E-state index is 0.0976. The fourth-order valence-electron chi connectivity index (χ4n) is 6.30. The Morgan fingerprint density at radius 2 is 0.899 bits per heavy atom. The van der Waals surface area contributed by atoms with E-state index in [4.69, 9.17) is 43.4 Å². The number of unbranched alkanes of at least 4 members (excludes halogenated alkanes) is 1. The minimum Gasteiger partial charge on any atom is -0.502 e. The molecule has 1 atom stereocenters. The molecule has 0 radical (unpaired) electrons. The third kappa shape index (κ3) is 111. The first-order chi connectivity index (χ1) is 41.5. The molecule has 2 aliphatic rings. The number of rotatable bonds is 29. The fourth-order valence-corrected chi connectivity index (χ4v) is 6.30. The average Bonchev–Trinajstić information content (AvgIpc) is 3.41. The summed E-state index contributed by atoms with van der Waals surface area (Å²) in [5.74, 6) is -1.20. The second-order valence-electron chi connectivity index (χ2n) is 21.7. The number of methoxy groups -OCH3 is 1. The van der Waals surface area contributed by atoms with E-state index < -0.39 is 6.10 Å². The number of aliphatic hydroxyl groups is 3. The second-order valence-corrected chi connectivity index (χ2v) is 21.7. The molecule has 2 aliphatic heterocycles. The molecule has 0 spiro atoms. The third-order valence-corrected chi connectivity index (χ3v) is 10.3. The zero-order valence-electron chi connectivity index (χ0n) is 58.9. The van der Waals surface area contributed by atoms with Gasteiger partial charge < -0.3 is 82.3 Å². The van der Waals surface area contributed by atoms with E-state index in [2.05, 4.69) is 52.2 Å². The highest BCUT2D eigenvalue weighted by molar-refractivity contribution is 5.68. The molecule has 530 valence electrons. The molecule has 89 heavy (non-hydrogen) atoms. The number of piperidine rings is 1. The standard InChI is InChI=1S/C10H19NO3.C9H19NO3.C8H15NO3.C8H17NO2.C7H15NO2.C6H13NO2.C6H12O2.C4H8O3.C4H8O/c1-9(12)14-8-10(13)7-11-5-3-2-4-6-11;1-3-4-10(5-7-11)6-8-13-9(2)12;1-8(10)12-7-4-9-2-5-11-6-3-9;1-8(10)11-7-5-4-6-9(2)3;1-7(9)10-6-4-5-8(2)3;1-6(8)9-5-4-7(2)3;1-5(7)8-6(2,3)4;1-4(6)7-3-2-5;1-4(2)5-3/h10,13H,2-8H2,1H3;11H,3-8H2,1-2H3;2-7H2,1H3;4-7H2,1-3H3;4-6H2,1-3H3;4-5H2,1-3H3;1-4H3;5H,2-3H2,1H3;1H2,2-3H3. The summed E-state index contributed by atoms with van der Waals surface area (Å²) < 4.78 is 47.4. The van der Waals surface area contributed by atoms with Gasteiger partial charge in [0.1, 0.15) is 44.7 Å². The number of nitrogens with zero attached hydrogens (tertiary/aromatic N) is 6. The Kier molecular flexibility index (Phi) is 77.1. The third-order valence-electron chi connectivity index (χ3n) is 10.3. The van der Waals surface area contributed by atoms with Gasteiger partial charge in [0, 0.05) is 108 Å². The van der Waals surface area contributed by atoms with Crippen molar-refractivity contribution in [2.75, 3.05) is 201 Å². The summed E-state index contributed by atoms with van der Waals surface area (Å²) in [6.07, 6.45) is 7.15. The van der Waals surface area contributed by atoms with Crippen molar-refractivity contribution in [2.24, 2.45) is 0 Å². The van der Waals surface area contributed by atoms with Crippen LogP contribution >= 0.6 is 0 Å². The van der Waals surface area contributed by atoms with Gasteiger partial charge in [-0.2, -0.15) is 0 Å². The predicted octanol–water partition coefficient (Wildman–Crippen LogP) is 4.09. The van der Waals surface area contributed by atoms with Crippen LogP contribution in [0.1, 0.15) is 135 Å². The van der Waals surface area contributed by atoms with Crippen molar-refractivity contribution in [3.05, 3.63) is 12.3 Å². The maximum atomic E-state index is 10.5. The minimum atomic E-state index is -0.544. The molecule has 0 bridgehead atoms. The van der Waals surface area contributed by atoms with Crippen molar-refractivity contribution in [1.29, 1.82) is 0 Å². The Balaban J connectivity index is -0.000000172. The largest absolute Gasteiger partial charge is 0.502 e. The fraction of sp³-hybridized carbons (Fsp3) is 0.839. The monoisotopic (exact) mass is 1290 g/mol. The Morgan fingerprint density at radius 3 is 1.26 bits per heavy atom. The highest BCUT2D eigenvalue weighted by Gasteiger charge is 2.16. The average molecular weight is 1290 g/mol. The van der Waals surface area contributed by atoms with Gasteiger partial charge in [0.05, 0.1) is 52.5 Å². The highest BCUT2D eigenvalue weighted by Crippen LogP contribution is 2.09. The van der Waals surface area contributed by atoms with Gasteiger partial charge in [-0.25, -0.2) is 0 Å². The first kappa shape index (κ1) is 97.5. The van der Waals surface area contributed by atoms with Crippen LogP contribution in [-0.2, 0) is 85.7 Å². The number of likely N-dealkylation sites (tertiary alicyclic amines) is 1. The number of hydrogen-bond donors (Lipinski definition) is 3. The molecule has 0 aromatic heterocycles. The first-order valence-corrected chi connectivity index (χ1v) is 30.4. The summed E-state index contributed by atoms with van der Waals surface area (Å²) in [5, 5.41) is 26.3. The number of morpholine rings is 1. The van der Waals surface area contributed by atoms with E-state index in [-0.39, 0.29) is 79.8 Å². The van der Waals surface area contributed by atoms with Crippen molar-refractivity contribution >= 4 is 47.8 Å². The van der Waals surface area contributed by atoms with Crippen LogP contribution < -0.4 is 0 Å². The van der Waals surface area contributed by atoms with Gasteiger partial charge in [-0.05, 0) is 135 Å². The van der Waals surface area contributed by atoms with Gasteiger partial charge in [0.25, 0.3) is 0 Å². The number of hydrogen-bond acceptors (Lipinski definition) is 27. The molecule has 0 aliphatic carbocycles. The lowest BCUT2D eigenvalue weighted by atomic mass is 10.1. The summed E-state index contributed by atoms with van der Waals surface area (Å²) in [6, 6.07) is 0. The van der Waals surface area contributed by atoms with Gasteiger partial charge in [0.2, 0.25) is 0 Å². The number of ether oxygens (including phenoxy) is 10. The quantitative estimate of drug-likeness (QED) is 0.0411. The van der Waals surface area contributed by atoms with Gasteiger partial charge in [-0.3, -0.25) is 48.2 Å². The number of likely N-dealkylation sites (N-methyl/N-ethyl adjacent to an activating group) is 1. The topological polar surface area (TPSA) is 309 Å². The first-order valence-electron chi connectivity index (χ1n) is 30.4. The van der Waals surface area contributed by atoms with Crippen LogP contribution in [0.4, 0.5) is 0 Å². The van der Waals surface area contributed by atoms with Crippen LogP contribution in [-0.4, -0.2) is 305 Å². The van der Waals surface area contributed by atoms with Crippen LogP contribution in [0.5, 0.6) is 0 Å². The smallest absolute Gasteiger partial charge is 0.303 e. The number of β-amino-alcohol motifs (C(OH)–C–C–N with tert-alkyl or cyclic N) is 1. The van der Waals surface area contributed by atoms with E-state index in [9.17, 15) is 43.5 Å². The van der Waals surface area contributed by atoms with Gasteiger partial charge in [-0.15, -0.1) is 0 Å². The van der Waals surface area contributed by atoms with Crippen molar-refractivity contribution in [2.45, 2.75) is 147 Å². The van der Waals surface area contributed by atoms with Crippen LogP contribution in [0.2, 0.25) is 0 Å². The van der Waals surface area contributed by atoms with Gasteiger partial charge in [-0.1, -0.05) is 19.9 Å². The summed E-state index contributed by atoms with van der Waals surface area (Å²) in [6.45, 7) is 38.9. The maximum absolute atomic E-state index is 10.5. The molecule has 2 saturated heterocycles. The van der Waals surface area contributed by atoms with Gasteiger partial charge >= 0.3 is 47.8 Å². The number of allylic oxidation sites excluding steroid dienone is 1. The summed E-state index contributed by atoms with van der Waals surface area (Å²) in [7, 11) is 13.5.